The molecule has 0 fully saturated rings. The summed E-state index contributed by atoms with van der Waals surface area (Å²) in [7, 11) is 1.95. The minimum absolute atomic E-state index is 0.281. The van der Waals surface area contributed by atoms with Crippen LogP contribution in [0.3, 0.4) is 0 Å². The van der Waals surface area contributed by atoms with Crippen molar-refractivity contribution >= 4 is 23.4 Å². The zero-order chi connectivity index (χ0) is 14.1. The monoisotopic (exact) mass is 307 g/mol. The number of nitrogens with zero attached hydrogens (tertiary/aromatic N) is 2. The van der Waals surface area contributed by atoms with Crippen molar-refractivity contribution in [3.63, 3.8) is 0 Å². The molecule has 1 aromatic heterocycles. The fourth-order valence-electron chi connectivity index (χ4n) is 2.60. The number of aromatic nitrogens is 2. The van der Waals surface area contributed by atoms with Crippen molar-refractivity contribution in [1.29, 1.82) is 0 Å². The first-order valence-corrected chi connectivity index (χ1v) is 8.16. The third-order valence-corrected chi connectivity index (χ3v) is 5.05. The minimum Gasteiger partial charge on any atom is -0.303 e. The standard InChI is InChI=1S/C15H18ClN3S/c1-10(11-8-17-19(2)9-11)18-14-5-6-20-15-4-3-12(16)7-13(14)15/h3-4,7-10,14,18H,5-6H2,1-2H3. The summed E-state index contributed by atoms with van der Waals surface area (Å²) in [5, 5.41) is 8.76. The smallest absolute Gasteiger partial charge is 0.0537 e. The fourth-order valence-corrected chi connectivity index (χ4v) is 3.89. The number of nitrogens with one attached hydrogen (secondary N) is 1. The Morgan fingerprint density at radius 2 is 2.35 bits per heavy atom. The maximum atomic E-state index is 6.15. The van der Waals surface area contributed by atoms with Crippen LogP contribution in [0.2, 0.25) is 5.02 Å². The highest BCUT2D eigenvalue weighted by molar-refractivity contribution is 7.99. The maximum Gasteiger partial charge on any atom is 0.0537 e. The van der Waals surface area contributed by atoms with Crippen LogP contribution in [0.25, 0.3) is 0 Å². The molecule has 0 radical (unpaired) electrons. The van der Waals surface area contributed by atoms with Crippen LogP contribution < -0.4 is 5.32 Å². The van der Waals surface area contributed by atoms with Crippen molar-refractivity contribution < 1.29 is 0 Å². The highest BCUT2D eigenvalue weighted by atomic mass is 35.5. The molecule has 1 aliphatic heterocycles. The van der Waals surface area contributed by atoms with Gasteiger partial charge in [0.1, 0.15) is 0 Å². The molecule has 3 nitrogen and oxygen atoms in total. The van der Waals surface area contributed by atoms with Crippen LogP contribution in [0.4, 0.5) is 0 Å². The lowest BCUT2D eigenvalue weighted by Crippen LogP contribution is -2.27. The van der Waals surface area contributed by atoms with Crippen LogP contribution in [0.1, 0.15) is 36.6 Å². The molecule has 2 heterocycles. The minimum atomic E-state index is 0.281. The zero-order valence-corrected chi connectivity index (χ0v) is 13.2. The Morgan fingerprint density at radius 3 is 3.10 bits per heavy atom. The molecule has 0 saturated carbocycles. The molecule has 0 spiro atoms. The summed E-state index contributed by atoms with van der Waals surface area (Å²) in [6.45, 7) is 2.18. The van der Waals surface area contributed by atoms with Gasteiger partial charge < -0.3 is 5.32 Å². The highest BCUT2D eigenvalue weighted by Crippen LogP contribution is 2.38. The number of benzene rings is 1. The number of hydrogen-bond acceptors (Lipinski definition) is 3. The maximum absolute atomic E-state index is 6.15. The van der Waals surface area contributed by atoms with E-state index in [0.29, 0.717) is 6.04 Å². The summed E-state index contributed by atoms with van der Waals surface area (Å²) >= 11 is 8.06. The van der Waals surface area contributed by atoms with E-state index in [-0.39, 0.29) is 6.04 Å². The number of thioether (sulfide) groups is 1. The van der Waals surface area contributed by atoms with Crippen molar-refractivity contribution in [3.8, 4) is 0 Å². The highest BCUT2D eigenvalue weighted by Gasteiger charge is 2.23. The van der Waals surface area contributed by atoms with Crippen molar-refractivity contribution in [2.45, 2.75) is 30.3 Å². The first-order valence-electron chi connectivity index (χ1n) is 6.80. The lowest BCUT2D eigenvalue weighted by molar-refractivity contribution is 0.450. The van der Waals surface area contributed by atoms with Crippen molar-refractivity contribution in [2.24, 2.45) is 7.05 Å². The molecule has 2 atom stereocenters. The van der Waals surface area contributed by atoms with E-state index in [1.165, 1.54) is 16.0 Å². The molecule has 3 rings (SSSR count). The lowest BCUT2D eigenvalue weighted by Gasteiger charge is -2.28. The Morgan fingerprint density at radius 1 is 1.50 bits per heavy atom. The molecule has 5 heteroatoms. The average Bonchev–Trinajstić information content (AvgIpc) is 2.86. The first-order chi connectivity index (χ1) is 9.63. The number of hydrogen-bond donors (Lipinski definition) is 1. The molecular formula is C15H18ClN3S. The Balaban J connectivity index is 1.80. The third kappa shape index (κ3) is 2.87. The molecule has 1 aromatic carbocycles. The van der Waals surface area contributed by atoms with Gasteiger partial charge in [-0.25, -0.2) is 0 Å². The predicted molar refractivity (Wildman–Crippen MR) is 84.3 cm³/mol. The van der Waals surface area contributed by atoms with Crippen LogP contribution >= 0.6 is 23.4 Å². The number of aryl methyl sites for hydroxylation is 1. The lowest BCUT2D eigenvalue weighted by atomic mass is 10.0. The van der Waals surface area contributed by atoms with E-state index in [2.05, 4.69) is 35.7 Å². The second-order valence-corrected chi connectivity index (χ2v) is 6.78. The molecule has 0 saturated heterocycles. The summed E-state index contributed by atoms with van der Waals surface area (Å²) in [5.74, 6) is 1.14. The molecule has 2 unspecified atom stereocenters. The van der Waals surface area contributed by atoms with Crippen LogP contribution in [-0.2, 0) is 7.05 Å². The van der Waals surface area contributed by atoms with Crippen LogP contribution in [0, 0.1) is 0 Å². The van der Waals surface area contributed by atoms with Gasteiger partial charge in [0, 0.05) is 40.8 Å². The van der Waals surface area contributed by atoms with E-state index in [0.717, 1.165) is 17.2 Å². The molecule has 2 aromatic rings. The molecule has 106 valence electrons. The molecule has 0 aliphatic carbocycles. The zero-order valence-electron chi connectivity index (χ0n) is 11.6. The van der Waals surface area contributed by atoms with Gasteiger partial charge in [-0.1, -0.05) is 11.6 Å². The normalized spacial score (nSPS) is 19.6. The number of rotatable bonds is 3. The summed E-state index contributed by atoms with van der Waals surface area (Å²) in [6, 6.07) is 6.84. The Labute approximate surface area is 128 Å². The van der Waals surface area contributed by atoms with Gasteiger partial charge in [-0.15, -0.1) is 11.8 Å². The Bertz CT molecular complexity index is 611. The van der Waals surface area contributed by atoms with E-state index in [4.69, 9.17) is 11.6 Å². The molecular weight excluding hydrogens is 290 g/mol. The first kappa shape index (κ1) is 14.0. The summed E-state index contributed by atoms with van der Waals surface area (Å²) in [5.41, 5.74) is 2.54. The fraction of sp³-hybridized carbons (Fsp3) is 0.400. The third-order valence-electron chi connectivity index (χ3n) is 3.69. The number of fused-ring (bicyclic) bond motifs is 1. The molecule has 20 heavy (non-hydrogen) atoms. The molecule has 0 amide bonds. The topological polar surface area (TPSA) is 29.9 Å². The van der Waals surface area contributed by atoms with E-state index < -0.39 is 0 Å². The van der Waals surface area contributed by atoms with E-state index in [1.54, 1.807) is 0 Å². The van der Waals surface area contributed by atoms with Gasteiger partial charge in [0.2, 0.25) is 0 Å². The number of halogens is 1. The molecule has 1 aliphatic rings. The van der Waals surface area contributed by atoms with Gasteiger partial charge in [-0.2, -0.15) is 5.10 Å². The van der Waals surface area contributed by atoms with Crippen LogP contribution in [0.5, 0.6) is 0 Å². The van der Waals surface area contributed by atoms with Gasteiger partial charge in [0.25, 0.3) is 0 Å². The Hall–Kier alpha value is -0.970. The van der Waals surface area contributed by atoms with Gasteiger partial charge in [0.15, 0.2) is 0 Å². The molecule has 0 bridgehead atoms. The van der Waals surface area contributed by atoms with Crippen molar-refractivity contribution in [1.82, 2.24) is 15.1 Å². The van der Waals surface area contributed by atoms with Crippen molar-refractivity contribution in [2.75, 3.05) is 5.75 Å². The largest absolute Gasteiger partial charge is 0.303 e. The van der Waals surface area contributed by atoms with Crippen LogP contribution in [-0.4, -0.2) is 15.5 Å². The quantitative estimate of drug-likeness (QED) is 0.931. The van der Waals surface area contributed by atoms with E-state index in [1.807, 2.05) is 35.8 Å². The van der Waals surface area contributed by atoms with Crippen LogP contribution in [0.15, 0.2) is 35.5 Å². The van der Waals surface area contributed by atoms with E-state index in [9.17, 15) is 0 Å². The molecule has 1 N–H and O–H groups in total. The summed E-state index contributed by atoms with van der Waals surface area (Å²) in [6.07, 6.45) is 5.12. The van der Waals surface area contributed by atoms with Gasteiger partial charge >= 0.3 is 0 Å². The second-order valence-electron chi connectivity index (χ2n) is 5.21. The van der Waals surface area contributed by atoms with E-state index >= 15 is 0 Å². The summed E-state index contributed by atoms with van der Waals surface area (Å²) < 4.78 is 1.84. The van der Waals surface area contributed by atoms with Gasteiger partial charge in [-0.05, 0) is 42.9 Å². The van der Waals surface area contributed by atoms with Gasteiger partial charge in [-0.3, -0.25) is 4.68 Å². The average molecular weight is 308 g/mol. The van der Waals surface area contributed by atoms with Gasteiger partial charge in [0.05, 0.1) is 6.20 Å². The van der Waals surface area contributed by atoms with Crippen molar-refractivity contribution in [3.05, 3.63) is 46.7 Å². The summed E-state index contributed by atoms with van der Waals surface area (Å²) in [4.78, 5) is 1.34. The predicted octanol–water partition coefficient (Wildman–Crippen LogP) is 3.96. The second kappa shape index (κ2) is 5.80. The Kier molecular flexibility index (Phi) is 4.06. The SMILES string of the molecule is CC(NC1CCSc2ccc(Cl)cc21)c1cnn(C)c1.